The van der Waals surface area contributed by atoms with Gasteiger partial charge < -0.3 is 0 Å². The van der Waals surface area contributed by atoms with Crippen molar-refractivity contribution in [2.75, 3.05) is 0 Å². The molecule has 0 aromatic heterocycles. The normalized spacial score (nSPS) is 10.9. The average molecular weight is 313 g/mol. The maximum absolute atomic E-state index is 6.07. The molecule has 0 aliphatic heterocycles. The molecule has 0 amide bonds. The maximum Gasteiger partial charge on any atom is 0.0541 e. The molecule has 1 aromatic rings. The Bertz CT molecular complexity index is 362. The van der Waals surface area contributed by atoms with Crippen LogP contribution in [-0.2, 0) is 6.42 Å². The smallest absolute Gasteiger partial charge is 0.0541 e. The van der Waals surface area contributed by atoms with Crippen LogP contribution in [-0.4, -0.2) is 0 Å². The first-order valence-electron chi connectivity index (χ1n) is 8.21. The second kappa shape index (κ2) is 11.5. The number of benzene rings is 1. The topological polar surface area (TPSA) is 0 Å². The highest BCUT2D eigenvalue weighted by Crippen LogP contribution is 2.22. The molecule has 0 aliphatic carbocycles. The number of hydrogen-bond acceptors (Lipinski definition) is 1. The van der Waals surface area contributed by atoms with E-state index in [1.54, 1.807) is 0 Å². The summed E-state index contributed by atoms with van der Waals surface area (Å²) in [5, 5.41) is 0.776. The fourth-order valence-electron chi connectivity index (χ4n) is 2.52. The fraction of sp³-hybridized carbons (Fsp3) is 0.667. The van der Waals surface area contributed by atoms with Crippen molar-refractivity contribution < 1.29 is 0 Å². The van der Waals surface area contributed by atoms with Gasteiger partial charge in [-0.1, -0.05) is 82.4 Å². The SMILES string of the molecule is CCCCCCCCCCCCc1ccc(S)c(Cl)c1. The fourth-order valence-corrected chi connectivity index (χ4v) is 2.86. The van der Waals surface area contributed by atoms with Crippen molar-refractivity contribution >= 4 is 24.2 Å². The highest BCUT2D eigenvalue weighted by atomic mass is 35.5. The Kier molecular flexibility index (Phi) is 10.3. The van der Waals surface area contributed by atoms with Gasteiger partial charge in [0.05, 0.1) is 5.02 Å². The van der Waals surface area contributed by atoms with Gasteiger partial charge in [-0.25, -0.2) is 0 Å². The van der Waals surface area contributed by atoms with E-state index in [2.05, 4.69) is 31.7 Å². The van der Waals surface area contributed by atoms with E-state index in [4.69, 9.17) is 11.6 Å². The van der Waals surface area contributed by atoms with Gasteiger partial charge in [0, 0.05) is 4.90 Å². The van der Waals surface area contributed by atoms with Crippen LogP contribution in [0.4, 0.5) is 0 Å². The number of halogens is 1. The predicted octanol–water partition coefficient (Wildman–Crippen LogP) is 7.09. The van der Waals surface area contributed by atoms with Crippen molar-refractivity contribution in [3.8, 4) is 0 Å². The number of rotatable bonds is 11. The van der Waals surface area contributed by atoms with Crippen LogP contribution in [0, 0.1) is 0 Å². The molecular weight excluding hydrogens is 284 g/mol. The molecule has 0 saturated carbocycles. The zero-order chi connectivity index (χ0) is 14.6. The molecule has 1 rings (SSSR count). The molecule has 114 valence electrons. The van der Waals surface area contributed by atoms with E-state index in [9.17, 15) is 0 Å². The highest BCUT2D eigenvalue weighted by Gasteiger charge is 1.99. The summed E-state index contributed by atoms with van der Waals surface area (Å²) in [5.41, 5.74) is 1.34. The van der Waals surface area contributed by atoms with Crippen LogP contribution in [0.2, 0.25) is 5.02 Å². The van der Waals surface area contributed by atoms with Gasteiger partial charge in [0.15, 0.2) is 0 Å². The zero-order valence-corrected chi connectivity index (χ0v) is 14.5. The van der Waals surface area contributed by atoms with Crippen molar-refractivity contribution in [3.63, 3.8) is 0 Å². The molecular formula is C18H29ClS. The first-order chi connectivity index (χ1) is 9.74. The van der Waals surface area contributed by atoms with Crippen LogP contribution in [0.3, 0.4) is 0 Å². The van der Waals surface area contributed by atoms with Gasteiger partial charge in [0.2, 0.25) is 0 Å². The highest BCUT2D eigenvalue weighted by molar-refractivity contribution is 7.80. The number of unbranched alkanes of at least 4 members (excludes halogenated alkanes) is 9. The summed E-state index contributed by atoms with van der Waals surface area (Å²) in [5.74, 6) is 0. The molecule has 1 aromatic carbocycles. The average Bonchev–Trinajstić information content (AvgIpc) is 2.45. The molecule has 0 heterocycles. The van der Waals surface area contributed by atoms with Crippen LogP contribution in [0.25, 0.3) is 0 Å². The number of hydrogen-bond donors (Lipinski definition) is 1. The molecule has 20 heavy (non-hydrogen) atoms. The lowest BCUT2D eigenvalue weighted by Crippen LogP contribution is -1.87. The standard InChI is InChI=1S/C18H29ClS/c1-2-3-4-5-6-7-8-9-10-11-12-16-13-14-18(20)17(19)15-16/h13-15,20H,2-12H2,1H3. The van der Waals surface area contributed by atoms with Gasteiger partial charge >= 0.3 is 0 Å². The maximum atomic E-state index is 6.07. The monoisotopic (exact) mass is 312 g/mol. The summed E-state index contributed by atoms with van der Waals surface area (Å²) in [6.45, 7) is 2.27. The summed E-state index contributed by atoms with van der Waals surface area (Å²) >= 11 is 10.4. The zero-order valence-electron chi connectivity index (χ0n) is 12.8. The third-order valence-electron chi connectivity index (χ3n) is 3.83. The molecule has 0 nitrogen and oxygen atoms in total. The Hall–Kier alpha value is -0.140. The second-order valence-electron chi connectivity index (χ2n) is 5.72. The molecule has 0 aliphatic rings. The summed E-state index contributed by atoms with van der Waals surface area (Å²) in [4.78, 5) is 0.874. The van der Waals surface area contributed by atoms with Gasteiger partial charge in [0.25, 0.3) is 0 Å². The van der Waals surface area contributed by atoms with Crippen LogP contribution in [0.1, 0.15) is 76.7 Å². The summed E-state index contributed by atoms with van der Waals surface area (Å²) in [7, 11) is 0. The summed E-state index contributed by atoms with van der Waals surface area (Å²) in [6, 6.07) is 6.19. The molecule has 0 bridgehead atoms. The Balaban J connectivity index is 1.95. The van der Waals surface area contributed by atoms with Crippen LogP contribution >= 0.6 is 24.2 Å². The third-order valence-corrected chi connectivity index (χ3v) is 4.67. The summed E-state index contributed by atoms with van der Waals surface area (Å²) < 4.78 is 0. The van der Waals surface area contributed by atoms with Crippen LogP contribution < -0.4 is 0 Å². The largest absolute Gasteiger partial charge is 0.142 e. The molecule has 2 heteroatoms. The summed E-state index contributed by atoms with van der Waals surface area (Å²) in [6.07, 6.45) is 15.0. The predicted molar refractivity (Wildman–Crippen MR) is 94.3 cm³/mol. The Labute approximate surface area is 135 Å². The first-order valence-corrected chi connectivity index (χ1v) is 9.04. The minimum atomic E-state index is 0.776. The van der Waals surface area contributed by atoms with E-state index in [1.165, 1.54) is 69.8 Å². The second-order valence-corrected chi connectivity index (χ2v) is 6.61. The van der Waals surface area contributed by atoms with Gasteiger partial charge in [-0.05, 0) is 30.5 Å². The first kappa shape index (κ1) is 17.9. The molecule has 0 fully saturated rings. The van der Waals surface area contributed by atoms with Gasteiger partial charge in [-0.3, -0.25) is 0 Å². The number of aryl methyl sites for hydroxylation is 1. The Morgan fingerprint density at radius 1 is 0.850 bits per heavy atom. The van der Waals surface area contributed by atoms with E-state index < -0.39 is 0 Å². The van der Waals surface area contributed by atoms with Crippen molar-refractivity contribution in [1.29, 1.82) is 0 Å². The minimum Gasteiger partial charge on any atom is -0.142 e. The quantitative estimate of drug-likeness (QED) is 0.327. The van der Waals surface area contributed by atoms with Gasteiger partial charge in [-0.15, -0.1) is 12.6 Å². The van der Waals surface area contributed by atoms with E-state index in [1.807, 2.05) is 6.07 Å². The van der Waals surface area contributed by atoms with Crippen molar-refractivity contribution in [2.24, 2.45) is 0 Å². The lowest BCUT2D eigenvalue weighted by Gasteiger charge is -2.04. The van der Waals surface area contributed by atoms with Gasteiger partial charge in [0.1, 0.15) is 0 Å². The Morgan fingerprint density at radius 3 is 1.95 bits per heavy atom. The van der Waals surface area contributed by atoms with Crippen molar-refractivity contribution in [2.45, 2.75) is 82.4 Å². The van der Waals surface area contributed by atoms with Crippen LogP contribution in [0.5, 0.6) is 0 Å². The minimum absolute atomic E-state index is 0.776. The lowest BCUT2D eigenvalue weighted by atomic mass is 10.0. The lowest BCUT2D eigenvalue weighted by molar-refractivity contribution is 0.556. The van der Waals surface area contributed by atoms with E-state index in [0.29, 0.717) is 0 Å². The van der Waals surface area contributed by atoms with Gasteiger partial charge in [-0.2, -0.15) is 0 Å². The van der Waals surface area contributed by atoms with E-state index >= 15 is 0 Å². The number of thiol groups is 1. The van der Waals surface area contributed by atoms with E-state index in [-0.39, 0.29) is 0 Å². The van der Waals surface area contributed by atoms with E-state index in [0.717, 1.165) is 16.3 Å². The molecule has 0 radical (unpaired) electrons. The molecule has 0 atom stereocenters. The molecule has 0 saturated heterocycles. The molecule has 0 spiro atoms. The van der Waals surface area contributed by atoms with Crippen LogP contribution in [0.15, 0.2) is 23.1 Å². The van der Waals surface area contributed by atoms with Crippen molar-refractivity contribution in [3.05, 3.63) is 28.8 Å². The molecule has 0 unspecified atom stereocenters. The van der Waals surface area contributed by atoms with Crippen molar-refractivity contribution in [1.82, 2.24) is 0 Å². The Morgan fingerprint density at radius 2 is 1.40 bits per heavy atom. The third kappa shape index (κ3) is 8.21. The molecule has 0 N–H and O–H groups in total.